The number of nitrogens with one attached hydrogen (secondary N) is 1. The van der Waals surface area contributed by atoms with Crippen molar-refractivity contribution in [2.24, 2.45) is 0 Å². The number of benzene rings is 2. The number of pyridine rings is 1. The average molecular weight is 285 g/mol. The molecule has 0 amide bonds. The van der Waals surface area contributed by atoms with Crippen LogP contribution in [0.3, 0.4) is 0 Å². The van der Waals surface area contributed by atoms with Gasteiger partial charge in [0.15, 0.2) is 5.82 Å². The summed E-state index contributed by atoms with van der Waals surface area (Å²) in [6.45, 7) is 0.166. The number of hydrogen-bond donors (Lipinski definition) is 2. The van der Waals surface area contributed by atoms with Gasteiger partial charge in [-0.3, -0.25) is 4.98 Å². The summed E-state index contributed by atoms with van der Waals surface area (Å²) in [5, 5.41) is 3.57. The van der Waals surface area contributed by atoms with E-state index in [1.165, 1.54) is 12.1 Å². The molecular weight excluding hydrogens is 272 g/mol. The van der Waals surface area contributed by atoms with Gasteiger partial charge in [0.2, 0.25) is 0 Å². The maximum atomic E-state index is 14.1. The number of halogens is 2. The fraction of sp³-hybridized carbons (Fsp3) is 0.0625. The van der Waals surface area contributed by atoms with Gasteiger partial charge < -0.3 is 11.1 Å². The standard InChI is InChI=1S/C16H13F2N3/c17-12-6-2-1-4-10(12)9-21-16-13(18)8-14(19)11-5-3-7-20-15(11)16/h1-8,21H,9,19H2. The van der Waals surface area contributed by atoms with Gasteiger partial charge in [0.25, 0.3) is 0 Å². The molecule has 106 valence electrons. The van der Waals surface area contributed by atoms with E-state index in [1.54, 1.807) is 36.5 Å². The van der Waals surface area contributed by atoms with Gasteiger partial charge in [-0.15, -0.1) is 0 Å². The predicted molar refractivity (Wildman–Crippen MR) is 79.8 cm³/mol. The lowest BCUT2D eigenvalue weighted by Crippen LogP contribution is -2.05. The maximum Gasteiger partial charge on any atom is 0.150 e. The number of anilines is 2. The second kappa shape index (κ2) is 5.36. The Morgan fingerprint density at radius 2 is 1.86 bits per heavy atom. The molecule has 3 rings (SSSR count). The Morgan fingerprint density at radius 3 is 2.67 bits per heavy atom. The second-order valence-corrected chi connectivity index (χ2v) is 4.67. The first-order valence-corrected chi connectivity index (χ1v) is 6.47. The molecule has 0 atom stereocenters. The number of hydrogen-bond acceptors (Lipinski definition) is 3. The molecule has 3 aromatic rings. The molecule has 5 heteroatoms. The Balaban J connectivity index is 1.99. The lowest BCUT2D eigenvalue weighted by Gasteiger charge is -2.12. The zero-order chi connectivity index (χ0) is 14.8. The molecule has 0 saturated heterocycles. The molecule has 0 spiro atoms. The van der Waals surface area contributed by atoms with Crippen LogP contribution in [0.15, 0.2) is 48.7 Å². The first-order valence-electron chi connectivity index (χ1n) is 6.47. The molecule has 0 aliphatic rings. The summed E-state index contributed by atoms with van der Waals surface area (Å²) in [5.41, 5.74) is 7.23. The molecular formula is C16H13F2N3. The quantitative estimate of drug-likeness (QED) is 0.721. The molecule has 0 fully saturated rings. The van der Waals surface area contributed by atoms with Crippen molar-refractivity contribution in [1.29, 1.82) is 0 Å². The third-order valence-electron chi connectivity index (χ3n) is 3.29. The van der Waals surface area contributed by atoms with Crippen LogP contribution in [0.1, 0.15) is 5.56 Å². The minimum absolute atomic E-state index is 0.166. The molecule has 1 aromatic heterocycles. The van der Waals surface area contributed by atoms with Crippen molar-refractivity contribution in [2.75, 3.05) is 11.1 Å². The molecule has 0 bridgehead atoms. The van der Waals surface area contributed by atoms with Gasteiger partial charge in [0.05, 0.1) is 11.2 Å². The van der Waals surface area contributed by atoms with Gasteiger partial charge in [0, 0.05) is 29.4 Å². The van der Waals surface area contributed by atoms with Crippen molar-refractivity contribution in [3.8, 4) is 0 Å². The van der Waals surface area contributed by atoms with E-state index < -0.39 is 5.82 Å². The van der Waals surface area contributed by atoms with Gasteiger partial charge in [-0.2, -0.15) is 0 Å². The Bertz CT molecular complexity index is 803. The van der Waals surface area contributed by atoms with Crippen LogP contribution in [0.2, 0.25) is 0 Å². The number of fused-ring (bicyclic) bond motifs is 1. The lowest BCUT2D eigenvalue weighted by molar-refractivity contribution is 0.610. The summed E-state index contributed by atoms with van der Waals surface area (Å²) >= 11 is 0. The van der Waals surface area contributed by atoms with Gasteiger partial charge in [-0.05, 0) is 24.3 Å². The highest BCUT2D eigenvalue weighted by Crippen LogP contribution is 2.30. The summed E-state index contributed by atoms with van der Waals surface area (Å²) < 4.78 is 27.7. The number of nitrogens with two attached hydrogens (primary N) is 1. The molecule has 1 heterocycles. The van der Waals surface area contributed by atoms with E-state index in [2.05, 4.69) is 10.3 Å². The molecule has 0 radical (unpaired) electrons. The zero-order valence-corrected chi connectivity index (χ0v) is 11.1. The smallest absolute Gasteiger partial charge is 0.150 e. The highest BCUT2D eigenvalue weighted by Gasteiger charge is 2.12. The number of nitrogens with zero attached hydrogens (tertiary/aromatic N) is 1. The summed E-state index contributed by atoms with van der Waals surface area (Å²) in [6.07, 6.45) is 1.56. The molecule has 2 aromatic carbocycles. The zero-order valence-electron chi connectivity index (χ0n) is 11.1. The van der Waals surface area contributed by atoms with E-state index in [4.69, 9.17) is 5.73 Å². The van der Waals surface area contributed by atoms with Crippen LogP contribution in [0.4, 0.5) is 20.2 Å². The van der Waals surface area contributed by atoms with E-state index in [-0.39, 0.29) is 18.0 Å². The number of nitrogen functional groups attached to an aromatic ring is 1. The lowest BCUT2D eigenvalue weighted by atomic mass is 10.1. The van der Waals surface area contributed by atoms with Crippen molar-refractivity contribution < 1.29 is 8.78 Å². The van der Waals surface area contributed by atoms with Gasteiger partial charge in [0.1, 0.15) is 5.82 Å². The van der Waals surface area contributed by atoms with E-state index in [0.29, 0.717) is 22.2 Å². The van der Waals surface area contributed by atoms with Crippen molar-refractivity contribution in [3.63, 3.8) is 0 Å². The predicted octanol–water partition coefficient (Wildman–Crippen LogP) is 3.71. The monoisotopic (exact) mass is 285 g/mol. The summed E-state index contributed by atoms with van der Waals surface area (Å²) in [7, 11) is 0. The fourth-order valence-electron chi connectivity index (χ4n) is 2.23. The topological polar surface area (TPSA) is 50.9 Å². The summed E-state index contributed by atoms with van der Waals surface area (Å²) in [6, 6.07) is 11.1. The van der Waals surface area contributed by atoms with E-state index in [0.717, 1.165) is 0 Å². The number of aromatic nitrogens is 1. The normalized spacial score (nSPS) is 10.8. The van der Waals surface area contributed by atoms with Gasteiger partial charge in [-0.25, -0.2) is 8.78 Å². The Labute approximate surface area is 120 Å². The Kier molecular flexibility index (Phi) is 3.39. The molecule has 3 nitrogen and oxygen atoms in total. The van der Waals surface area contributed by atoms with E-state index in [1.807, 2.05) is 0 Å². The largest absolute Gasteiger partial charge is 0.398 e. The minimum Gasteiger partial charge on any atom is -0.398 e. The van der Waals surface area contributed by atoms with Crippen LogP contribution in [-0.2, 0) is 6.54 Å². The van der Waals surface area contributed by atoms with Crippen LogP contribution in [0.5, 0.6) is 0 Å². The SMILES string of the molecule is Nc1cc(F)c(NCc2ccccc2F)c2ncccc12. The van der Waals surface area contributed by atoms with Gasteiger partial charge in [-0.1, -0.05) is 18.2 Å². The first-order chi connectivity index (χ1) is 10.2. The van der Waals surface area contributed by atoms with Crippen LogP contribution in [-0.4, -0.2) is 4.98 Å². The summed E-state index contributed by atoms with van der Waals surface area (Å²) in [4.78, 5) is 4.16. The van der Waals surface area contributed by atoms with Gasteiger partial charge >= 0.3 is 0 Å². The van der Waals surface area contributed by atoms with E-state index >= 15 is 0 Å². The molecule has 0 saturated carbocycles. The fourth-order valence-corrected chi connectivity index (χ4v) is 2.23. The average Bonchev–Trinajstić information content (AvgIpc) is 2.49. The van der Waals surface area contributed by atoms with Crippen molar-refractivity contribution in [2.45, 2.75) is 6.54 Å². The van der Waals surface area contributed by atoms with Crippen LogP contribution >= 0.6 is 0 Å². The highest BCUT2D eigenvalue weighted by atomic mass is 19.1. The highest BCUT2D eigenvalue weighted by molar-refractivity contribution is 5.98. The number of rotatable bonds is 3. The van der Waals surface area contributed by atoms with Crippen molar-refractivity contribution >= 4 is 22.3 Å². The molecule has 0 unspecified atom stereocenters. The van der Waals surface area contributed by atoms with Crippen molar-refractivity contribution in [1.82, 2.24) is 4.98 Å². The minimum atomic E-state index is -0.505. The van der Waals surface area contributed by atoms with Crippen LogP contribution in [0.25, 0.3) is 10.9 Å². The molecule has 3 N–H and O–H groups in total. The molecule has 21 heavy (non-hydrogen) atoms. The Morgan fingerprint density at radius 1 is 1.05 bits per heavy atom. The third kappa shape index (κ3) is 2.50. The van der Waals surface area contributed by atoms with Crippen LogP contribution in [0, 0.1) is 11.6 Å². The van der Waals surface area contributed by atoms with E-state index in [9.17, 15) is 8.78 Å². The maximum absolute atomic E-state index is 14.1. The third-order valence-corrected chi connectivity index (χ3v) is 3.29. The summed E-state index contributed by atoms with van der Waals surface area (Å²) in [5.74, 6) is -0.840. The van der Waals surface area contributed by atoms with Crippen LogP contribution < -0.4 is 11.1 Å². The Hall–Kier alpha value is -2.69. The molecule has 0 aliphatic heterocycles. The van der Waals surface area contributed by atoms with Crippen molar-refractivity contribution in [3.05, 3.63) is 65.9 Å². The molecule has 0 aliphatic carbocycles. The first kappa shape index (κ1) is 13.3. The second-order valence-electron chi connectivity index (χ2n) is 4.67.